The van der Waals surface area contributed by atoms with Crippen LogP contribution in [-0.4, -0.2) is 45.7 Å². The van der Waals surface area contributed by atoms with Crippen molar-refractivity contribution in [2.45, 2.75) is 45.3 Å². The van der Waals surface area contributed by atoms with Gasteiger partial charge in [0.25, 0.3) is 0 Å². The smallest absolute Gasteiger partial charge is 0.410 e. The van der Waals surface area contributed by atoms with Crippen molar-refractivity contribution in [2.75, 3.05) is 18.4 Å². The first-order valence-corrected chi connectivity index (χ1v) is 9.82. The largest absolute Gasteiger partial charge is 0.444 e. The van der Waals surface area contributed by atoms with Crippen molar-refractivity contribution in [2.24, 2.45) is 11.8 Å². The van der Waals surface area contributed by atoms with Gasteiger partial charge in [0.2, 0.25) is 0 Å². The van der Waals surface area contributed by atoms with Crippen LogP contribution in [-0.2, 0) is 4.74 Å². The van der Waals surface area contributed by atoms with Gasteiger partial charge in [-0.2, -0.15) is 0 Å². The fourth-order valence-electron chi connectivity index (χ4n) is 4.24. The minimum atomic E-state index is -0.452. The lowest BCUT2D eigenvalue weighted by Gasteiger charge is -2.25. The van der Waals surface area contributed by atoms with E-state index in [0.29, 0.717) is 23.0 Å². The van der Waals surface area contributed by atoms with Crippen molar-refractivity contribution in [3.05, 3.63) is 29.5 Å². The maximum atomic E-state index is 12.3. The van der Waals surface area contributed by atoms with Crippen molar-refractivity contribution in [1.29, 1.82) is 0 Å². The predicted octanol–water partition coefficient (Wildman–Crippen LogP) is 4.34. The standard InChI is InChI=1S/C20H25ClN4O2/c1-20(2,3)27-19(26)25-10-12-7-14(8-13(12)11-25)23-18-15-5-4-6-22-16(15)9-17(21)24-18/h4-6,9,12-14H,7-8,10-11H2,1-3H3,(H,23,24)/t12-,13+,14+. The van der Waals surface area contributed by atoms with Crippen LogP contribution in [0.25, 0.3) is 10.9 Å². The summed E-state index contributed by atoms with van der Waals surface area (Å²) in [5.41, 5.74) is 0.390. The highest BCUT2D eigenvalue weighted by Gasteiger charge is 2.43. The molecule has 1 N–H and O–H groups in total. The van der Waals surface area contributed by atoms with E-state index in [0.717, 1.165) is 42.7 Å². The van der Waals surface area contributed by atoms with Crippen LogP contribution >= 0.6 is 11.6 Å². The molecule has 7 heteroatoms. The molecule has 27 heavy (non-hydrogen) atoms. The summed E-state index contributed by atoms with van der Waals surface area (Å²) >= 11 is 6.16. The van der Waals surface area contributed by atoms with Crippen LogP contribution in [0.15, 0.2) is 24.4 Å². The number of nitrogens with one attached hydrogen (secondary N) is 1. The van der Waals surface area contributed by atoms with Gasteiger partial charge in [-0.25, -0.2) is 9.78 Å². The monoisotopic (exact) mass is 388 g/mol. The van der Waals surface area contributed by atoms with E-state index in [4.69, 9.17) is 16.3 Å². The van der Waals surface area contributed by atoms with Crippen molar-refractivity contribution < 1.29 is 9.53 Å². The molecule has 2 aromatic heterocycles. The number of likely N-dealkylation sites (tertiary alicyclic amines) is 1. The molecule has 144 valence electrons. The number of aromatic nitrogens is 2. The SMILES string of the molecule is CC(C)(C)OC(=O)N1C[C@H]2C[C@H](Nc3nc(Cl)cc4ncccc34)C[C@H]2C1. The summed E-state index contributed by atoms with van der Waals surface area (Å²) in [6.45, 7) is 7.24. The quantitative estimate of drug-likeness (QED) is 0.775. The Hall–Kier alpha value is -2.08. The predicted molar refractivity (Wildman–Crippen MR) is 106 cm³/mol. The number of amides is 1. The second-order valence-electron chi connectivity index (χ2n) is 8.58. The van der Waals surface area contributed by atoms with Crippen LogP contribution in [0, 0.1) is 11.8 Å². The first kappa shape index (κ1) is 18.3. The summed E-state index contributed by atoms with van der Waals surface area (Å²) in [7, 11) is 0. The van der Waals surface area contributed by atoms with Gasteiger partial charge in [0.15, 0.2) is 0 Å². The van der Waals surface area contributed by atoms with Crippen LogP contribution in [0.4, 0.5) is 10.6 Å². The number of carbonyl (C=O) groups is 1. The molecule has 0 spiro atoms. The van der Waals surface area contributed by atoms with Crippen LogP contribution < -0.4 is 5.32 Å². The number of anilines is 1. The van der Waals surface area contributed by atoms with Gasteiger partial charge in [0.1, 0.15) is 16.6 Å². The van der Waals surface area contributed by atoms with Gasteiger partial charge in [-0.1, -0.05) is 11.6 Å². The van der Waals surface area contributed by atoms with E-state index < -0.39 is 5.60 Å². The van der Waals surface area contributed by atoms with Gasteiger partial charge < -0.3 is 15.0 Å². The van der Waals surface area contributed by atoms with Crippen molar-refractivity contribution in [1.82, 2.24) is 14.9 Å². The summed E-state index contributed by atoms with van der Waals surface area (Å²) in [6, 6.07) is 6.03. The Morgan fingerprint density at radius 3 is 2.67 bits per heavy atom. The Morgan fingerprint density at radius 2 is 2.00 bits per heavy atom. The minimum Gasteiger partial charge on any atom is -0.444 e. The third-order valence-corrected chi connectivity index (χ3v) is 5.51. The van der Waals surface area contributed by atoms with Crippen LogP contribution in [0.2, 0.25) is 5.15 Å². The number of pyridine rings is 2. The Morgan fingerprint density at radius 1 is 1.30 bits per heavy atom. The molecule has 1 aliphatic heterocycles. The lowest BCUT2D eigenvalue weighted by atomic mass is 10.0. The second-order valence-corrected chi connectivity index (χ2v) is 8.97. The van der Waals surface area contributed by atoms with Gasteiger partial charge in [-0.15, -0.1) is 0 Å². The first-order chi connectivity index (χ1) is 12.8. The number of nitrogens with zero attached hydrogens (tertiary/aromatic N) is 3. The highest BCUT2D eigenvalue weighted by atomic mass is 35.5. The molecule has 2 aromatic rings. The zero-order valence-corrected chi connectivity index (χ0v) is 16.7. The molecule has 0 unspecified atom stereocenters. The molecule has 0 bridgehead atoms. The summed E-state index contributed by atoms with van der Waals surface area (Å²) in [4.78, 5) is 23.0. The lowest BCUT2D eigenvalue weighted by Crippen LogP contribution is -2.36. The maximum absolute atomic E-state index is 12.3. The molecule has 0 aromatic carbocycles. The van der Waals surface area contributed by atoms with Gasteiger partial charge >= 0.3 is 6.09 Å². The molecular formula is C20H25ClN4O2. The molecule has 1 aliphatic carbocycles. The van der Waals surface area contributed by atoms with Crippen LogP contribution in [0.5, 0.6) is 0 Å². The van der Waals surface area contributed by atoms with Crippen molar-refractivity contribution in [3.63, 3.8) is 0 Å². The molecule has 4 rings (SSSR count). The topological polar surface area (TPSA) is 67.3 Å². The molecule has 2 aliphatic rings. The van der Waals surface area contributed by atoms with Gasteiger partial charge in [-0.3, -0.25) is 4.98 Å². The molecule has 6 nitrogen and oxygen atoms in total. The molecule has 1 saturated carbocycles. The van der Waals surface area contributed by atoms with E-state index in [9.17, 15) is 4.79 Å². The average molecular weight is 389 g/mol. The van der Waals surface area contributed by atoms with Crippen molar-refractivity contribution >= 4 is 34.4 Å². The Labute approximate surface area is 164 Å². The van der Waals surface area contributed by atoms with Crippen LogP contribution in [0.1, 0.15) is 33.6 Å². The number of ether oxygens (including phenoxy) is 1. The van der Waals surface area contributed by atoms with Crippen molar-refractivity contribution in [3.8, 4) is 0 Å². The molecule has 1 saturated heterocycles. The number of rotatable bonds is 2. The average Bonchev–Trinajstić information content (AvgIpc) is 3.11. The fourth-order valence-corrected chi connectivity index (χ4v) is 4.43. The van der Waals surface area contributed by atoms with E-state index in [-0.39, 0.29) is 6.09 Å². The Balaban J connectivity index is 1.41. The summed E-state index contributed by atoms with van der Waals surface area (Å²) < 4.78 is 5.51. The normalized spacial score (nSPS) is 24.9. The summed E-state index contributed by atoms with van der Waals surface area (Å²) in [6.07, 6.45) is 3.59. The molecular weight excluding hydrogens is 364 g/mol. The maximum Gasteiger partial charge on any atom is 0.410 e. The Bertz CT molecular complexity index is 853. The van der Waals surface area contributed by atoms with E-state index >= 15 is 0 Å². The van der Waals surface area contributed by atoms with E-state index in [2.05, 4.69) is 15.3 Å². The highest BCUT2D eigenvalue weighted by Crippen LogP contribution is 2.40. The molecule has 2 fully saturated rings. The van der Waals surface area contributed by atoms with E-state index in [1.165, 1.54) is 0 Å². The second kappa shape index (κ2) is 6.82. The summed E-state index contributed by atoms with van der Waals surface area (Å²) in [5.74, 6) is 1.79. The number of fused-ring (bicyclic) bond motifs is 2. The third-order valence-electron chi connectivity index (χ3n) is 5.31. The van der Waals surface area contributed by atoms with E-state index in [1.54, 1.807) is 12.3 Å². The summed E-state index contributed by atoms with van der Waals surface area (Å²) in [5, 5.41) is 4.99. The first-order valence-electron chi connectivity index (χ1n) is 9.44. The zero-order chi connectivity index (χ0) is 19.2. The number of hydrogen-bond acceptors (Lipinski definition) is 5. The zero-order valence-electron chi connectivity index (χ0n) is 15.9. The minimum absolute atomic E-state index is 0.199. The number of hydrogen-bond donors (Lipinski definition) is 1. The van der Waals surface area contributed by atoms with Gasteiger partial charge in [0, 0.05) is 36.8 Å². The number of halogens is 1. The van der Waals surface area contributed by atoms with Crippen LogP contribution in [0.3, 0.4) is 0 Å². The molecule has 0 radical (unpaired) electrons. The molecule has 1 amide bonds. The third kappa shape index (κ3) is 3.95. The molecule has 3 atom stereocenters. The van der Waals surface area contributed by atoms with Gasteiger partial charge in [-0.05, 0) is 57.6 Å². The lowest BCUT2D eigenvalue weighted by molar-refractivity contribution is 0.0280. The highest BCUT2D eigenvalue weighted by molar-refractivity contribution is 6.30. The number of carbonyl (C=O) groups excluding carboxylic acids is 1. The molecule has 3 heterocycles. The van der Waals surface area contributed by atoms with E-state index in [1.807, 2.05) is 37.8 Å². The fraction of sp³-hybridized carbons (Fsp3) is 0.550. The Kier molecular flexibility index (Phi) is 4.62. The van der Waals surface area contributed by atoms with Gasteiger partial charge in [0.05, 0.1) is 5.52 Å².